The number of anilines is 1. The summed E-state index contributed by atoms with van der Waals surface area (Å²) in [6.45, 7) is 1.74. The summed E-state index contributed by atoms with van der Waals surface area (Å²) in [7, 11) is 0. The number of thioether (sulfide) groups is 1. The molecule has 1 fully saturated rings. The smallest absolute Gasteiger partial charge is 0.310 e. The van der Waals surface area contributed by atoms with Gasteiger partial charge in [0.2, 0.25) is 5.91 Å². The number of carbonyl (C=O) groups is 2. The highest BCUT2D eigenvalue weighted by Gasteiger charge is 2.35. The zero-order valence-corrected chi connectivity index (χ0v) is 13.3. The predicted octanol–water partition coefficient (Wildman–Crippen LogP) is 3.85. The summed E-state index contributed by atoms with van der Waals surface area (Å²) >= 11 is 4.16. The topological polar surface area (TPSA) is 37.4 Å². The van der Waals surface area contributed by atoms with Crippen molar-refractivity contribution >= 4 is 44.4 Å². The Morgan fingerprint density at radius 3 is 2.62 bits per heavy atom. The van der Waals surface area contributed by atoms with Gasteiger partial charge in [-0.15, -0.1) is 0 Å². The minimum Gasteiger partial charge on any atom is -0.310 e. The van der Waals surface area contributed by atoms with Crippen LogP contribution in [0.1, 0.15) is 18.9 Å². The molecule has 8 heteroatoms. The predicted molar refractivity (Wildman–Crippen MR) is 78.2 cm³/mol. The van der Waals surface area contributed by atoms with Crippen LogP contribution >= 0.6 is 27.7 Å². The molecule has 1 aromatic rings. The third-order valence-electron chi connectivity index (χ3n) is 2.99. The molecule has 1 aliphatic heterocycles. The highest BCUT2D eigenvalue weighted by atomic mass is 79.9. The second-order valence-corrected chi connectivity index (χ2v) is 6.94. The molecule has 0 N–H and O–H groups in total. The molecule has 21 heavy (non-hydrogen) atoms. The molecule has 2 rings (SSSR count). The summed E-state index contributed by atoms with van der Waals surface area (Å²) in [5, 5.41) is -0.245. The fraction of sp³-hybridized carbons (Fsp3) is 0.385. The molecule has 0 radical (unpaired) electrons. The third-order valence-corrected chi connectivity index (χ3v) is 4.60. The van der Waals surface area contributed by atoms with Crippen LogP contribution in [-0.2, 0) is 15.8 Å². The van der Waals surface area contributed by atoms with E-state index in [9.17, 15) is 22.8 Å². The lowest BCUT2D eigenvalue weighted by atomic mass is 10.2. The molecule has 1 amide bonds. The van der Waals surface area contributed by atoms with Crippen molar-refractivity contribution in [3.05, 3.63) is 28.2 Å². The Kier molecular flexibility index (Phi) is 4.67. The van der Waals surface area contributed by atoms with Crippen molar-refractivity contribution in [3.8, 4) is 0 Å². The standard InChI is InChI=1S/C13H11BrF3NO2S/c1-7(19)21-9-5-12(20)18(6-9)11-3-2-8(4-10(11)14)13(15,16)17/h2-4,9H,5-6H2,1H3. The quantitative estimate of drug-likeness (QED) is 0.780. The SMILES string of the molecule is CC(=O)SC1CC(=O)N(c2ccc(C(F)(F)F)cc2Br)C1. The Hall–Kier alpha value is -1.02. The van der Waals surface area contributed by atoms with E-state index >= 15 is 0 Å². The van der Waals surface area contributed by atoms with Gasteiger partial charge in [-0.2, -0.15) is 13.2 Å². The lowest BCUT2D eigenvalue weighted by Crippen LogP contribution is -2.25. The molecule has 1 atom stereocenters. The number of carbonyl (C=O) groups excluding carboxylic acids is 2. The zero-order valence-electron chi connectivity index (χ0n) is 10.9. The molecule has 1 heterocycles. The van der Waals surface area contributed by atoms with Gasteiger partial charge in [-0.1, -0.05) is 11.8 Å². The van der Waals surface area contributed by atoms with Crippen LogP contribution < -0.4 is 4.90 Å². The summed E-state index contributed by atoms with van der Waals surface area (Å²) in [6, 6.07) is 3.17. The van der Waals surface area contributed by atoms with Crippen LogP contribution in [0.5, 0.6) is 0 Å². The Morgan fingerprint density at radius 1 is 1.43 bits per heavy atom. The maximum absolute atomic E-state index is 12.6. The van der Waals surface area contributed by atoms with Crippen LogP contribution in [0.3, 0.4) is 0 Å². The van der Waals surface area contributed by atoms with Crippen molar-refractivity contribution in [1.29, 1.82) is 0 Å². The van der Waals surface area contributed by atoms with Gasteiger partial charge in [0.05, 0.1) is 11.3 Å². The molecule has 114 valence electrons. The Labute approximate surface area is 132 Å². The fourth-order valence-corrected chi connectivity index (χ4v) is 3.64. The van der Waals surface area contributed by atoms with Crippen LogP contribution in [0.2, 0.25) is 0 Å². The number of amides is 1. The highest BCUT2D eigenvalue weighted by molar-refractivity contribution is 9.10. The minimum atomic E-state index is -4.43. The molecule has 0 aliphatic carbocycles. The van der Waals surface area contributed by atoms with Gasteiger partial charge in [0.1, 0.15) is 0 Å². The number of rotatable bonds is 2. The van der Waals surface area contributed by atoms with Crippen LogP contribution in [0.4, 0.5) is 18.9 Å². The lowest BCUT2D eigenvalue weighted by Gasteiger charge is -2.19. The van der Waals surface area contributed by atoms with Gasteiger partial charge in [-0.3, -0.25) is 9.59 Å². The van der Waals surface area contributed by atoms with E-state index in [0.29, 0.717) is 12.2 Å². The molecular formula is C13H11BrF3NO2S. The Bertz CT molecular complexity index is 591. The second-order valence-electron chi connectivity index (χ2n) is 4.60. The zero-order chi connectivity index (χ0) is 15.8. The number of hydrogen-bond acceptors (Lipinski definition) is 3. The molecule has 3 nitrogen and oxygen atoms in total. The van der Waals surface area contributed by atoms with Gasteiger partial charge in [0, 0.05) is 29.6 Å². The van der Waals surface area contributed by atoms with E-state index in [2.05, 4.69) is 15.9 Å². The molecule has 0 saturated carbocycles. The number of halogens is 4. The molecule has 1 unspecified atom stereocenters. The number of nitrogens with zero attached hydrogens (tertiary/aromatic N) is 1. The Morgan fingerprint density at radius 2 is 2.10 bits per heavy atom. The molecule has 1 aromatic carbocycles. The van der Waals surface area contributed by atoms with Gasteiger partial charge in [0.15, 0.2) is 5.12 Å². The normalized spacial score (nSPS) is 19.2. The maximum Gasteiger partial charge on any atom is 0.416 e. The highest BCUT2D eigenvalue weighted by Crippen LogP contribution is 2.37. The number of benzene rings is 1. The van der Waals surface area contributed by atoms with E-state index in [1.807, 2.05) is 0 Å². The van der Waals surface area contributed by atoms with Crippen molar-refractivity contribution in [2.75, 3.05) is 11.4 Å². The van der Waals surface area contributed by atoms with Crippen LogP contribution in [0.15, 0.2) is 22.7 Å². The fourth-order valence-electron chi connectivity index (χ4n) is 2.12. The van der Waals surface area contributed by atoms with E-state index in [1.165, 1.54) is 17.9 Å². The van der Waals surface area contributed by atoms with Crippen molar-refractivity contribution < 1.29 is 22.8 Å². The van der Waals surface area contributed by atoms with Crippen LogP contribution in [0.25, 0.3) is 0 Å². The van der Waals surface area contributed by atoms with Gasteiger partial charge < -0.3 is 4.90 Å². The van der Waals surface area contributed by atoms with Crippen molar-refractivity contribution in [1.82, 2.24) is 0 Å². The van der Waals surface area contributed by atoms with Crippen molar-refractivity contribution in [2.24, 2.45) is 0 Å². The summed E-state index contributed by atoms with van der Waals surface area (Å²) in [6.07, 6.45) is -4.22. The van der Waals surface area contributed by atoms with Gasteiger partial charge in [-0.25, -0.2) is 0 Å². The monoisotopic (exact) mass is 381 g/mol. The van der Waals surface area contributed by atoms with E-state index in [4.69, 9.17) is 0 Å². The first-order chi connectivity index (χ1) is 9.68. The largest absolute Gasteiger partial charge is 0.416 e. The molecule has 0 bridgehead atoms. The average Bonchev–Trinajstić information content (AvgIpc) is 2.67. The van der Waals surface area contributed by atoms with Gasteiger partial charge in [0.25, 0.3) is 0 Å². The van der Waals surface area contributed by atoms with Crippen LogP contribution in [0, 0.1) is 0 Å². The summed E-state index contributed by atoms with van der Waals surface area (Å²) in [5.41, 5.74) is -0.390. The lowest BCUT2D eigenvalue weighted by molar-refractivity contribution is -0.137. The summed E-state index contributed by atoms with van der Waals surface area (Å²) in [4.78, 5) is 24.4. The van der Waals surface area contributed by atoms with Crippen molar-refractivity contribution in [2.45, 2.75) is 24.8 Å². The Balaban J connectivity index is 2.23. The molecular weight excluding hydrogens is 371 g/mol. The maximum atomic E-state index is 12.6. The third kappa shape index (κ3) is 3.79. The molecule has 1 saturated heterocycles. The van der Waals surface area contributed by atoms with Gasteiger partial charge in [-0.05, 0) is 34.1 Å². The van der Waals surface area contributed by atoms with Crippen molar-refractivity contribution in [3.63, 3.8) is 0 Å². The van der Waals surface area contributed by atoms with E-state index in [0.717, 1.165) is 23.9 Å². The first-order valence-corrected chi connectivity index (χ1v) is 7.70. The first-order valence-electron chi connectivity index (χ1n) is 6.03. The van der Waals surface area contributed by atoms with E-state index in [-0.39, 0.29) is 27.2 Å². The summed E-state index contributed by atoms with van der Waals surface area (Å²) < 4.78 is 38.1. The molecule has 0 aromatic heterocycles. The molecule has 1 aliphatic rings. The first kappa shape index (κ1) is 16.4. The second kappa shape index (κ2) is 6.00. The van der Waals surface area contributed by atoms with E-state index < -0.39 is 11.7 Å². The average molecular weight is 382 g/mol. The van der Waals surface area contributed by atoms with Gasteiger partial charge >= 0.3 is 6.18 Å². The summed E-state index contributed by atoms with van der Waals surface area (Å²) in [5.74, 6) is -0.200. The molecule has 0 spiro atoms. The number of hydrogen-bond donors (Lipinski definition) is 0. The van der Waals surface area contributed by atoms with E-state index in [1.54, 1.807) is 0 Å². The minimum absolute atomic E-state index is 0.0823. The number of alkyl halides is 3. The van der Waals surface area contributed by atoms with Crippen LogP contribution in [-0.4, -0.2) is 22.8 Å².